The zero-order chi connectivity index (χ0) is 8.43. The molecule has 0 aromatic carbocycles. The van der Waals surface area contributed by atoms with E-state index in [1.54, 1.807) is 0 Å². The van der Waals surface area contributed by atoms with Crippen molar-refractivity contribution in [1.82, 2.24) is 0 Å². The molecule has 0 saturated carbocycles. The average Bonchev–Trinajstić information content (AvgIpc) is 2.26. The third-order valence-electron chi connectivity index (χ3n) is 1.62. The van der Waals surface area contributed by atoms with Gasteiger partial charge in [0.25, 0.3) is 0 Å². The monoisotopic (exact) mass is 162 g/mol. The zero-order valence-electron chi connectivity index (χ0n) is 6.06. The number of ether oxygens (including phenoxy) is 2. The molecule has 1 heterocycles. The van der Waals surface area contributed by atoms with Crippen molar-refractivity contribution in [2.45, 2.75) is 18.3 Å². The molecule has 3 atom stereocenters. The van der Waals surface area contributed by atoms with Gasteiger partial charge in [-0.15, -0.1) is 0 Å². The topological polar surface area (TPSA) is 76.0 Å². The van der Waals surface area contributed by atoms with Crippen molar-refractivity contribution in [3.8, 4) is 0 Å². The molecule has 1 fully saturated rings. The highest BCUT2D eigenvalue weighted by molar-refractivity contribution is 5.78. The van der Waals surface area contributed by atoms with E-state index >= 15 is 0 Å². The molecule has 0 spiro atoms. The number of hydrogen-bond acceptors (Lipinski definition) is 5. The van der Waals surface area contributed by atoms with Crippen LogP contribution in [0.15, 0.2) is 0 Å². The van der Waals surface area contributed by atoms with Gasteiger partial charge in [0.2, 0.25) is 0 Å². The summed E-state index contributed by atoms with van der Waals surface area (Å²) in [6.07, 6.45) is -2.85. The van der Waals surface area contributed by atoms with Crippen LogP contribution in [0, 0.1) is 0 Å². The Bertz CT molecular complexity index is 157. The van der Waals surface area contributed by atoms with E-state index in [1.165, 1.54) is 7.11 Å². The Hall–Kier alpha value is -0.650. The van der Waals surface area contributed by atoms with E-state index in [4.69, 9.17) is 5.11 Å². The molecule has 11 heavy (non-hydrogen) atoms. The predicted octanol–water partition coefficient (Wildman–Crippen LogP) is -1.72. The largest absolute Gasteiger partial charge is 0.455 e. The average molecular weight is 162 g/mol. The Morgan fingerprint density at radius 2 is 2.36 bits per heavy atom. The summed E-state index contributed by atoms with van der Waals surface area (Å²) in [4.78, 5) is 10.8. The summed E-state index contributed by atoms with van der Waals surface area (Å²) in [5.41, 5.74) is 0. The highest BCUT2D eigenvalue weighted by atomic mass is 16.6. The minimum atomic E-state index is -1.06. The van der Waals surface area contributed by atoms with Crippen LogP contribution in [-0.2, 0) is 14.3 Å². The SMILES string of the molecule is CO[C@H]1C(=O)O[C@H](CO)[C@H]1O. The summed E-state index contributed by atoms with van der Waals surface area (Å²) < 4.78 is 9.19. The molecule has 2 N–H and O–H groups in total. The molecule has 5 nitrogen and oxygen atoms in total. The summed E-state index contributed by atoms with van der Waals surface area (Å²) in [6, 6.07) is 0. The molecular weight excluding hydrogens is 152 g/mol. The Labute approximate surface area is 63.5 Å². The Morgan fingerprint density at radius 3 is 2.64 bits per heavy atom. The minimum Gasteiger partial charge on any atom is -0.455 e. The molecule has 0 bridgehead atoms. The lowest BCUT2D eigenvalue weighted by Gasteiger charge is -2.10. The van der Waals surface area contributed by atoms with Crippen LogP contribution in [0.1, 0.15) is 0 Å². The highest BCUT2D eigenvalue weighted by Gasteiger charge is 2.43. The summed E-state index contributed by atoms with van der Waals surface area (Å²) in [7, 11) is 1.30. The second-order valence-electron chi connectivity index (χ2n) is 2.30. The maximum absolute atomic E-state index is 10.8. The van der Waals surface area contributed by atoms with E-state index in [9.17, 15) is 9.90 Å². The fourth-order valence-electron chi connectivity index (χ4n) is 1.00. The first kappa shape index (κ1) is 8.45. The fraction of sp³-hybridized carbons (Fsp3) is 0.833. The first-order valence-electron chi connectivity index (χ1n) is 3.23. The number of aliphatic hydroxyl groups is 2. The number of hydrogen-bond donors (Lipinski definition) is 2. The fourth-order valence-corrected chi connectivity index (χ4v) is 1.00. The third-order valence-corrected chi connectivity index (χ3v) is 1.62. The molecule has 1 saturated heterocycles. The van der Waals surface area contributed by atoms with Crippen LogP contribution in [0.3, 0.4) is 0 Å². The molecule has 64 valence electrons. The Morgan fingerprint density at radius 1 is 1.73 bits per heavy atom. The molecule has 0 radical (unpaired) electrons. The number of carbonyl (C=O) groups excluding carboxylic acids is 1. The molecule has 1 rings (SSSR count). The van der Waals surface area contributed by atoms with Crippen LogP contribution < -0.4 is 0 Å². The van der Waals surface area contributed by atoms with Gasteiger partial charge in [0.15, 0.2) is 12.2 Å². The second-order valence-corrected chi connectivity index (χ2v) is 2.30. The van der Waals surface area contributed by atoms with Crippen LogP contribution in [0.5, 0.6) is 0 Å². The van der Waals surface area contributed by atoms with Crippen molar-refractivity contribution in [3.05, 3.63) is 0 Å². The van der Waals surface area contributed by atoms with Crippen LogP contribution in [0.25, 0.3) is 0 Å². The van der Waals surface area contributed by atoms with Crippen LogP contribution in [0.2, 0.25) is 0 Å². The van der Waals surface area contributed by atoms with Gasteiger partial charge in [-0.25, -0.2) is 4.79 Å². The van der Waals surface area contributed by atoms with Gasteiger partial charge in [0.1, 0.15) is 6.10 Å². The number of carbonyl (C=O) groups is 1. The number of methoxy groups -OCH3 is 1. The lowest BCUT2D eigenvalue weighted by molar-refractivity contribution is -0.149. The van der Waals surface area contributed by atoms with Crippen molar-refractivity contribution < 1.29 is 24.5 Å². The van der Waals surface area contributed by atoms with Gasteiger partial charge < -0.3 is 19.7 Å². The van der Waals surface area contributed by atoms with Crippen molar-refractivity contribution >= 4 is 5.97 Å². The van der Waals surface area contributed by atoms with Gasteiger partial charge in [-0.1, -0.05) is 0 Å². The van der Waals surface area contributed by atoms with Crippen LogP contribution >= 0.6 is 0 Å². The normalized spacial score (nSPS) is 37.4. The van der Waals surface area contributed by atoms with Crippen LogP contribution in [0.4, 0.5) is 0 Å². The molecule has 0 aliphatic carbocycles. The predicted molar refractivity (Wildman–Crippen MR) is 33.8 cm³/mol. The number of esters is 1. The van der Waals surface area contributed by atoms with Gasteiger partial charge >= 0.3 is 5.97 Å². The Kier molecular flexibility index (Phi) is 2.43. The van der Waals surface area contributed by atoms with E-state index in [2.05, 4.69) is 9.47 Å². The van der Waals surface area contributed by atoms with E-state index in [0.717, 1.165) is 0 Å². The third kappa shape index (κ3) is 1.35. The van der Waals surface area contributed by atoms with Gasteiger partial charge in [-0.05, 0) is 0 Å². The Balaban J connectivity index is 2.62. The molecule has 1 aliphatic rings. The summed E-state index contributed by atoms with van der Waals surface area (Å²) in [5.74, 6) is -0.626. The summed E-state index contributed by atoms with van der Waals surface area (Å²) >= 11 is 0. The summed E-state index contributed by atoms with van der Waals surface area (Å²) in [5, 5.41) is 17.8. The van der Waals surface area contributed by atoms with E-state index in [-0.39, 0.29) is 6.61 Å². The minimum absolute atomic E-state index is 0.382. The number of cyclic esters (lactones) is 1. The summed E-state index contributed by atoms with van der Waals surface area (Å²) in [6.45, 7) is -0.382. The number of rotatable bonds is 2. The molecule has 0 aromatic rings. The van der Waals surface area contributed by atoms with Crippen molar-refractivity contribution in [2.75, 3.05) is 13.7 Å². The second kappa shape index (κ2) is 3.17. The molecule has 0 unspecified atom stereocenters. The highest BCUT2D eigenvalue weighted by Crippen LogP contribution is 2.17. The smallest absolute Gasteiger partial charge is 0.338 e. The van der Waals surface area contributed by atoms with Crippen LogP contribution in [-0.4, -0.2) is 48.2 Å². The quantitative estimate of drug-likeness (QED) is 0.472. The first-order chi connectivity index (χ1) is 5.20. The lowest BCUT2D eigenvalue weighted by Crippen LogP contribution is -2.34. The maximum Gasteiger partial charge on any atom is 0.338 e. The zero-order valence-corrected chi connectivity index (χ0v) is 6.06. The molecular formula is C6H10O5. The van der Waals surface area contributed by atoms with E-state index in [0.29, 0.717) is 0 Å². The van der Waals surface area contributed by atoms with Gasteiger partial charge in [0.05, 0.1) is 6.61 Å². The first-order valence-corrected chi connectivity index (χ1v) is 3.23. The van der Waals surface area contributed by atoms with E-state index in [1.807, 2.05) is 0 Å². The van der Waals surface area contributed by atoms with Crippen molar-refractivity contribution in [2.24, 2.45) is 0 Å². The van der Waals surface area contributed by atoms with Gasteiger partial charge in [-0.3, -0.25) is 0 Å². The number of aliphatic hydroxyl groups excluding tert-OH is 2. The maximum atomic E-state index is 10.8. The van der Waals surface area contributed by atoms with Gasteiger partial charge in [-0.2, -0.15) is 0 Å². The molecule has 0 amide bonds. The van der Waals surface area contributed by atoms with Crippen molar-refractivity contribution in [1.29, 1.82) is 0 Å². The molecule has 0 aromatic heterocycles. The van der Waals surface area contributed by atoms with E-state index < -0.39 is 24.3 Å². The lowest BCUT2D eigenvalue weighted by atomic mass is 10.1. The molecule has 5 heteroatoms. The molecule has 1 aliphatic heterocycles. The van der Waals surface area contributed by atoms with Crippen molar-refractivity contribution in [3.63, 3.8) is 0 Å². The standard InChI is InChI=1S/C6H10O5/c1-10-5-4(8)3(2-7)11-6(5)9/h3-5,7-8H,2H2,1H3/t3-,4-,5-/m1/s1. The van der Waals surface area contributed by atoms with Gasteiger partial charge in [0, 0.05) is 7.11 Å².